The fraction of sp³-hybridized carbons (Fsp3) is 0.619. The van der Waals surface area contributed by atoms with Gasteiger partial charge in [0.2, 0.25) is 0 Å². The Hall–Kier alpha value is -0.200. The van der Waals surface area contributed by atoms with Crippen LogP contribution in [0, 0.1) is 17.8 Å². The van der Waals surface area contributed by atoms with Gasteiger partial charge in [0, 0.05) is 17.8 Å². The van der Waals surface area contributed by atoms with Gasteiger partial charge in [-0.05, 0) is 51.3 Å². The number of halogens is 2. The van der Waals surface area contributed by atoms with Crippen LogP contribution in [0.1, 0.15) is 40.2 Å². The van der Waals surface area contributed by atoms with E-state index in [2.05, 4.69) is 70.8 Å². The van der Waals surface area contributed by atoms with E-state index in [1.807, 2.05) is 32.0 Å². The van der Waals surface area contributed by atoms with Crippen molar-refractivity contribution in [1.29, 1.82) is 0 Å². The van der Waals surface area contributed by atoms with Crippen molar-refractivity contribution in [2.45, 2.75) is 59.2 Å². The summed E-state index contributed by atoms with van der Waals surface area (Å²) in [5.74, 6) is 0.213. The first-order valence-corrected chi connectivity index (χ1v) is 10.8. The molecule has 1 saturated heterocycles. The van der Waals surface area contributed by atoms with Crippen LogP contribution in [0.25, 0.3) is 0 Å². The molecule has 0 aliphatic carbocycles. The molecule has 2 rings (SSSR count). The van der Waals surface area contributed by atoms with Crippen LogP contribution < -0.4 is 0 Å². The molecule has 5 atom stereocenters. The van der Waals surface area contributed by atoms with E-state index in [4.69, 9.17) is 14.2 Å². The molecule has 1 aliphatic rings. The zero-order valence-electron chi connectivity index (χ0n) is 16.2. The van der Waals surface area contributed by atoms with Gasteiger partial charge in [-0.1, -0.05) is 57.2 Å². The van der Waals surface area contributed by atoms with Crippen LogP contribution in [-0.2, 0) is 20.8 Å². The van der Waals surface area contributed by atoms with Crippen molar-refractivity contribution >= 4 is 31.9 Å². The van der Waals surface area contributed by atoms with Crippen molar-refractivity contribution < 1.29 is 14.2 Å². The van der Waals surface area contributed by atoms with Gasteiger partial charge in [0.15, 0.2) is 5.79 Å². The number of benzene rings is 1. The van der Waals surface area contributed by atoms with Crippen molar-refractivity contribution in [3.05, 3.63) is 45.4 Å². The molecule has 146 valence electrons. The first kappa shape index (κ1) is 22.1. The molecule has 1 aromatic carbocycles. The second-order valence-corrected chi connectivity index (χ2v) is 10.5. The molecule has 0 radical (unpaired) electrons. The highest BCUT2D eigenvalue weighted by Crippen LogP contribution is 2.38. The second-order valence-electron chi connectivity index (χ2n) is 7.72. The van der Waals surface area contributed by atoms with Crippen LogP contribution in [0.15, 0.2) is 39.8 Å². The van der Waals surface area contributed by atoms with Gasteiger partial charge in [-0.15, -0.1) is 0 Å². The fourth-order valence-electron chi connectivity index (χ4n) is 3.63. The summed E-state index contributed by atoms with van der Waals surface area (Å²) < 4.78 is 19.5. The van der Waals surface area contributed by atoms with Crippen molar-refractivity contribution in [1.82, 2.24) is 0 Å². The zero-order chi connectivity index (χ0) is 19.3. The molecule has 0 aromatic heterocycles. The molecule has 0 N–H and O–H groups in total. The average molecular weight is 490 g/mol. The van der Waals surface area contributed by atoms with Crippen molar-refractivity contribution in [3.63, 3.8) is 0 Å². The summed E-state index contributed by atoms with van der Waals surface area (Å²) >= 11 is 6.92. The monoisotopic (exact) mass is 488 g/mol. The van der Waals surface area contributed by atoms with Gasteiger partial charge in [0.25, 0.3) is 0 Å². The summed E-state index contributed by atoms with van der Waals surface area (Å²) in [6, 6.07) is 10.3. The molecular weight excluding hydrogens is 460 g/mol. The predicted molar refractivity (Wildman–Crippen MR) is 113 cm³/mol. The summed E-state index contributed by atoms with van der Waals surface area (Å²) in [5.41, 5.74) is 1.19. The molecule has 0 spiro atoms. The maximum atomic E-state index is 6.29. The smallest absolute Gasteiger partial charge is 0.163 e. The maximum absolute atomic E-state index is 6.29. The van der Waals surface area contributed by atoms with Gasteiger partial charge >= 0.3 is 0 Å². The van der Waals surface area contributed by atoms with Crippen LogP contribution in [0.4, 0.5) is 0 Å². The van der Waals surface area contributed by atoms with E-state index in [0.717, 1.165) is 3.39 Å². The van der Waals surface area contributed by atoms with Crippen LogP contribution in [0.2, 0.25) is 0 Å². The average Bonchev–Trinajstić information content (AvgIpc) is 2.56. The van der Waals surface area contributed by atoms with Gasteiger partial charge in [0.1, 0.15) is 0 Å². The number of hydrogen-bond acceptors (Lipinski definition) is 3. The van der Waals surface area contributed by atoms with E-state index in [9.17, 15) is 0 Å². The molecule has 1 fully saturated rings. The molecule has 0 amide bonds. The zero-order valence-corrected chi connectivity index (χ0v) is 19.4. The highest BCUT2D eigenvalue weighted by molar-refractivity contribution is 9.28. The van der Waals surface area contributed by atoms with Crippen LogP contribution >= 0.6 is 31.9 Å². The quantitative estimate of drug-likeness (QED) is 0.452. The molecule has 1 aromatic rings. The normalized spacial score (nSPS) is 27.6. The Bertz CT molecular complexity index is 584. The van der Waals surface area contributed by atoms with Crippen molar-refractivity contribution in [3.8, 4) is 0 Å². The molecule has 5 heteroatoms. The minimum Gasteiger partial charge on any atom is -0.376 e. The van der Waals surface area contributed by atoms with Crippen LogP contribution in [0.3, 0.4) is 0 Å². The van der Waals surface area contributed by atoms with Crippen molar-refractivity contribution in [2.75, 3.05) is 6.61 Å². The van der Waals surface area contributed by atoms with E-state index in [-0.39, 0.29) is 30.0 Å². The first-order valence-electron chi connectivity index (χ1n) is 9.19. The standard InChI is InChI=1S/C21H30Br2O3/c1-14(11-18(22)23)19-16(3)20(26-21(4,5)25-19)15(2)12-24-13-17-9-7-6-8-10-17/h6-11,14-16,19-20H,12-13H2,1-5H3/t14-,15-,16-,19-,20-/m0/s1. The third-order valence-electron chi connectivity index (χ3n) is 4.84. The Labute approximate surface area is 174 Å². The Balaban J connectivity index is 1.99. The molecule has 1 heterocycles. The SMILES string of the molecule is C[C@H]1[C@H]([C@@H](C)C=C(Br)Br)OC(C)(C)O[C@H]1[C@@H](C)COCc1ccccc1. The molecule has 0 unspecified atom stereocenters. The Morgan fingerprint density at radius 3 is 2.38 bits per heavy atom. The molecule has 3 nitrogen and oxygen atoms in total. The summed E-state index contributed by atoms with van der Waals surface area (Å²) in [5, 5.41) is 0. The second kappa shape index (κ2) is 9.83. The van der Waals surface area contributed by atoms with Crippen molar-refractivity contribution in [2.24, 2.45) is 17.8 Å². The van der Waals surface area contributed by atoms with E-state index in [1.54, 1.807) is 0 Å². The summed E-state index contributed by atoms with van der Waals surface area (Å²) in [6.45, 7) is 11.9. The molecular formula is C21H30Br2O3. The third kappa shape index (κ3) is 6.45. The highest BCUT2D eigenvalue weighted by atomic mass is 79.9. The molecule has 26 heavy (non-hydrogen) atoms. The molecule has 1 aliphatic heterocycles. The Morgan fingerprint density at radius 2 is 1.77 bits per heavy atom. The van der Waals surface area contributed by atoms with E-state index < -0.39 is 5.79 Å². The lowest BCUT2D eigenvalue weighted by atomic mass is 9.82. The third-order valence-corrected chi connectivity index (χ3v) is 5.37. The topological polar surface area (TPSA) is 27.7 Å². The summed E-state index contributed by atoms with van der Waals surface area (Å²) in [4.78, 5) is 0. The van der Waals surface area contributed by atoms with E-state index >= 15 is 0 Å². The summed E-state index contributed by atoms with van der Waals surface area (Å²) in [6.07, 6.45) is 2.31. The van der Waals surface area contributed by atoms with Gasteiger partial charge < -0.3 is 14.2 Å². The maximum Gasteiger partial charge on any atom is 0.163 e. The number of hydrogen-bond donors (Lipinski definition) is 0. The lowest BCUT2D eigenvalue weighted by molar-refractivity contribution is -0.333. The van der Waals surface area contributed by atoms with Crippen LogP contribution in [-0.4, -0.2) is 24.6 Å². The molecule has 0 saturated carbocycles. The van der Waals surface area contributed by atoms with Gasteiger partial charge in [-0.2, -0.15) is 0 Å². The largest absolute Gasteiger partial charge is 0.376 e. The van der Waals surface area contributed by atoms with Gasteiger partial charge in [0.05, 0.1) is 28.8 Å². The first-order chi connectivity index (χ1) is 12.2. The highest BCUT2D eigenvalue weighted by Gasteiger charge is 2.44. The summed E-state index contributed by atoms with van der Waals surface area (Å²) in [7, 11) is 0. The fourth-order valence-corrected chi connectivity index (χ4v) is 4.46. The van der Waals surface area contributed by atoms with E-state index in [1.165, 1.54) is 5.56 Å². The Kier molecular flexibility index (Phi) is 8.35. The minimum absolute atomic E-state index is 0.0875. The Morgan fingerprint density at radius 1 is 1.15 bits per heavy atom. The molecule has 0 bridgehead atoms. The number of ether oxygens (including phenoxy) is 3. The van der Waals surface area contributed by atoms with Crippen LogP contribution in [0.5, 0.6) is 0 Å². The predicted octanol–water partition coefficient (Wildman–Crippen LogP) is 6.26. The van der Waals surface area contributed by atoms with E-state index in [0.29, 0.717) is 13.2 Å². The number of rotatable bonds is 7. The lowest BCUT2D eigenvalue weighted by Crippen LogP contribution is -2.54. The van der Waals surface area contributed by atoms with Gasteiger partial charge in [-0.3, -0.25) is 0 Å². The minimum atomic E-state index is -0.601. The van der Waals surface area contributed by atoms with Gasteiger partial charge in [-0.25, -0.2) is 0 Å². The lowest BCUT2D eigenvalue weighted by Gasteiger charge is -2.48.